The molecule has 72 valence electrons. The molecule has 2 unspecified atom stereocenters. The molecule has 0 N–H and O–H groups in total. The lowest BCUT2D eigenvalue weighted by molar-refractivity contribution is -0.131. The second-order valence-electron chi connectivity index (χ2n) is 4.03. The summed E-state index contributed by atoms with van der Waals surface area (Å²) >= 11 is 0. The molecule has 0 aromatic rings. The van der Waals surface area contributed by atoms with Crippen LogP contribution in [-0.2, 0) is 9.53 Å². The molecule has 0 saturated carbocycles. The van der Waals surface area contributed by atoms with E-state index in [1.807, 2.05) is 13.8 Å². The summed E-state index contributed by atoms with van der Waals surface area (Å²) in [7, 11) is 0. The van der Waals surface area contributed by atoms with Crippen LogP contribution in [0.25, 0.3) is 0 Å². The van der Waals surface area contributed by atoms with E-state index in [0.717, 1.165) is 19.1 Å². The van der Waals surface area contributed by atoms with Gasteiger partial charge in [-0.25, -0.2) is 0 Å². The SMILES string of the molecule is C#CCC1(C=O)CC(C)OC(C)C1. The lowest BCUT2D eigenvalue weighted by Gasteiger charge is -2.38. The summed E-state index contributed by atoms with van der Waals surface area (Å²) in [5.41, 5.74) is -0.328. The van der Waals surface area contributed by atoms with Gasteiger partial charge in [0.25, 0.3) is 0 Å². The van der Waals surface area contributed by atoms with Gasteiger partial charge in [0.05, 0.1) is 12.2 Å². The van der Waals surface area contributed by atoms with E-state index in [0.29, 0.717) is 6.42 Å². The van der Waals surface area contributed by atoms with Gasteiger partial charge in [-0.1, -0.05) is 0 Å². The van der Waals surface area contributed by atoms with Gasteiger partial charge in [0.15, 0.2) is 0 Å². The summed E-state index contributed by atoms with van der Waals surface area (Å²) in [6.07, 6.45) is 8.61. The third-order valence-corrected chi connectivity index (χ3v) is 2.56. The zero-order valence-electron chi connectivity index (χ0n) is 8.25. The average molecular weight is 180 g/mol. The van der Waals surface area contributed by atoms with Crippen molar-refractivity contribution in [1.82, 2.24) is 0 Å². The van der Waals surface area contributed by atoms with E-state index in [4.69, 9.17) is 11.2 Å². The van der Waals surface area contributed by atoms with Gasteiger partial charge in [-0.2, -0.15) is 0 Å². The second kappa shape index (κ2) is 3.93. The van der Waals surface area contributed by atoms with Crippen LogP contribution in [-0.4, -0.2) is 18.5 Å². The zero-order valence-corrected chi connectivity index (χ0v) is 8.25. The number of aldehydes is 1. The Balaban J connectivity index is 2.74. The Kier molecular flexibility index (Phi) is 3.11. The maximum Gasteiger partial charge on any atom is 0.127 e. The van der Waals surface area contributed by atoms with Crippen LogP contribution in [0.1, 0.15) is 33.1 Å². The fraction of sp³-hybridized carbons (Fsp3) is 0.727. The van der Waals surface area contributed by atoms with Gasteiger partial charge in [0, 0.05) is 11.8 Å². The molecule has 2 atom stereocenters. The summed E-state index contributed by atoms with van der Waals surface area (Å²) < 4.78 is 5.56. The number of terminal acetylenes is 1. The van der Waals surface area contributed by atoms with Gasteiger partial charge in [0.1, 0.15) is 6.29 Å². The van der Waals surface area contributed by atoms with E-state index < -0.39 is 0 Å². The average Bonchev–Trinajstić information content (AvgIpc) is 2.03. The highest BCUT2D eigenvalue weighted by molar-refractivity contribution is 5.60. The first-order valence-corrected chi connectivity index (χ1v) is 4.67. The van der Waals surface area contributed by atoms with Crippen LogP contribution in [0, 0.1) is 17.8 Å². The maximum atomic E-state index is 11.0. The van der Waals surface area contributed by atoms with Crippen molar-refractivity contribution in [2.75, 3.05) is 0 Å². The van der Waals surface area contributed by atoms with Crippen molar-refractivity contribution < 1.29 is 9.53 Å². The molecule has 1 saturated heterocycles. The van der Waals surface area contributed by atoms with Crippen LogP contribution < -0.4 is 0 Å². The number of ether oxygens (including phenoxy) is 1. The third kappa shape index (κ3) is 2.32. The number of rotatable bonds is 2. The van der Waals surface area contributed by atoms with Gasteiger partial charge >= 0.3 is 0 Å². The third-order valence-electron chi connectivity index (χ3n) is 2.56. The predicted molar refractivity (Wildman–Crippen MR) is 51.2 cm³/mol. The Morgan fingerprint density at radius 1 is 1.54 bits per heavy atom. The van der Waals surface area contributed by atoms with Crippen molar-refractivity contribution in [3.8, 4) is 12.3 Å². The minimum Gasteiger partial charge on any atom is -0.375 e. The highest BCUT2D eigenvalue weighted by Gasteiger charge is 2.37. The minimum atomic E-state index is -0.328. The van der Waals surface area contributed by atoms with E-state index in [1.54, 1.807) is 0 Å². The van der Waals surface area contributed by atoms with Gasteiger partial charge < -0.3 is 9.53 Å². The van der Waals surface area contributed by atoms with Crippen LogP contribution in [0.5, 0.6) is 0 Å². The van der Waals surface area contributed by atoms with Gasteiger partial charge in [-0.05, 0) is 26.7 Å². The van der Waals surface area contributed by atoms with Crippen molar-refractivity contribution in [2.45, 2.75) is 45.3 Å². The van der Waals surface area contributed by atoms with E-state index in [-0.39, 0.29) is 17.6 Å². The molecular weight excluding hydrogens is 164 g/mol. The molecule has 1 aliphatic heterocycles. The molecule has 1 fully saturated rings. The summed E-state index contributed by atoms with van der Waals surface area (Å²) in [6.45, 7) is 3.98. The van der Waals surface area contributed by atoms with Crippen LogP contribution in [0.15, 0.2) is 0 Å². The smallest absolute Gasteiger partial charge is 0.127 e. The Bertz CT molecular complexity index is 217. The van der Waals surface area contributed by atoms with Crippen LogP contribution in [0.3, 0.4) is 0 Å². The van der Waals surface area contributed by atoms with Crippen molar-refractivity contribution >= 4 is 6.29 Å². The number of carbonyl (C=O) groups is 1. The molecule has 0 radical (unpaired) electrons. The predicted octanol–water partition coefficient (Wildman–Crippen LogP) is 1.78. The fourth-order valence-electron chi connectivity index (χ4n) is 2.21. The van der Waals surface area contributed by atoms with Crippen LogP contribution in [0.2, 0.25) is 0 Å². The molecule has 0 aromatic carbocycles. The zero-order chi connectivity index (χ0) is 9.90. The lowest BCUT2D eigenvalue weighted by atomic mass is 9.75. The quantitative estimate of drug-likeness (QED) is 0.478. The van der Waals surface area contributed by atoms with E-state index in [1.165, 1.54) is 0 Å². The molecule has 0 aliphatic carbocycles. The van der Waals surface area contributed by atoms with E-state index >= 15 is 0 Å². The molecule has 1 rings (SSSR count). The van der Waals surface area contributed by atoms with Gasteiger partial charge in [-0.3, -0.25) is 0 Å². The summed E-state index contributed by atoms with van der Waals surface area (Å²) in [6, 6.07) is 0. The first kappa shape index (κ1) is 10.3. The molecule has 0 spiro atoms. The van der Waals surface area contributed by atoms with Gasteiger partial charge in [0.2, 0.25) is 0 Å². The molecular formula is C11H16O2. The Morgan fingerprint density at radius 3 is 2.46 bits per heavy atom. The number of carbonyl (C=O) groups excluding carboxylic acids is 1. The first-order valence-electron chi connectivity index (χ1n) is 4.67. The normalized spacial score (nSPS) is 39.5. The highest BCUT2D eigenvalue weighted by atomic mass is 16.5. The lowest BCUT2D eigenvalue weighted by Crippen LogP contribution is -2.39. The molecule has 2 nitrogen and oxygen atoms in total. The van der Waals surface area contributed by atoms with Crippen LogP contribution in [0.4, 0.5) is 0 Å². The van der Waals surface area contributed by atoms with Crippen molar-refractivity contribution in [3.63, 3.8) is 0 Å². The van der Waals surface area contributed by atoms with E-state index in [2.05, 4.69) is 5.92 Å². The monoisotopic (exact) mass is 180 g/mol. The van der Waals surface area contributed by atoms with Crippen molar-refractivity contribution in [3.05, 3.63) is 0 Å². The number of hydrogen-bond donors (Lipinski definition) is 0. The fourth-order valence-corrected chi connectivity index (χ4v) is 2.21. The molecule has 0 aromatic heterocycles. The van der Waals surface area contributed by atoms with Crippen molar-refractivity contribution in [1.29, 1.82) is 0 Å². The van der Waals surface area contributed by atoms with Gasteiger partial charge in [-0.15, -0.1) is 12.3 Å². The van der Waals surface area contributed by atoms with E-state index in [9.17, 15) is 4.79 Å². The Labute approximate surface area is 79.7 Å². The Morgan fingerprint density at radius 2 is 2.08 bits per heavy atom. The number of hydrogen-bond acceptors (Lipinski definition) is 2. The summed E-state index contributed by atoms with van der Waals surface area (Å²) in [4.78, 5) is 11.0. The van der Waals surface area contributed by atoms with Crippen molar-refractivity contribution in [2.24, 2.45) is 5.41 Å². The standard InChI is InChI=1S/C11H16O2/c1-4-5-11(8-12)6-9(2)13-10(3)7-11/h1,8-10H,5-7H2,2-3H3. The Hall–Kier alpha value is -0.810. The second-order valence-corrected chi connectivity index (χ2v) is 4.03. The molecule has 1 heterocycles. The summed E-state index contributed by atoms with van der Waals surface area (Å²) in [5.74, 6) is 2.58. The maximum absolute atomic E-state index is 11.0. The molecule has 0 bridgehead atoms. The first-order chi connectivity index (χ1) is 6.12. The largest absolute Gasteiger partial charge is 0.375 e. The minimum absolute atomic E-state index is 0.141. The molecule has 13 heavy (non-hydrogen) atoms. The molecule has 2 heteroatoms. The highest BCUT2D eigenvalue weighted by Crippen LogP contribution is 2.37. The molecule has 1 aliphatic rings. The molecule has 0 amide bonds. The topological polar surface area (TPSA) is 26.3 Å². The summed E-state index contributed by atoms with van der Waals surface area (Å²) in [5, 5.41) is 0. The van der Waals surface area contributed by atoms with Crippen LogP contribution >= 0.6 is 0 Å².